The van der Waals surface area contributed by atoms with Gasteiger partial charge in [-0.25, -0.2) is 13.6 Å². The number of hydrogen-bond donors (Lipinski definition) is 2. The number of urea groups is 1. The molecule has 0 aromatic heterocycles. The maximum Gasteiger partial charge on any atom is 0.321 e. The normalized spacial score (nSPS) is 12.3. The molecule has 4 nitrogen and oxygen atoms in total. The summed E-state index contributed by atoms with van der Waals surface area (Å²) >= 11 is 6.88. The van der Waals surface area contributed by atoms with Crippen molar-refractivity contribution in [1.29, 1.82) is 0 Å². The van der Waals surface area contributed by atoms with Crippen molar-refractivity contribution in [1.82, 2.24) is 4.90 Å². The summed E-state index contributed by atoms with van der Waals surface area (Å²) in [5.74, 6) is -0.407. The lowest BCUT2D eigenvalue weighted by atomic mass is 10.3. The zero-order valence-corrected chi connectivity index (χ0v) is 13.2. The third kappa shape index (κ3) is 5.33. The van der Waals surface area contributed by atoms with Crippen LogP contribution in [0.2, 0.25) is 5.02 Å². The Balaban J connectivity index is 2.87. The molecule has 1 aromatic carbocycles. The van der Waals surface area contributed by atoms with Crippen molar-refractivity contribution < 1.29 is 18.7 Å². The van der Waals surface area contributed by atoms with E-state index in [1.165, 1.54) is 11.9 Å². The molecule has 1 rings (SSSR count). The number of nitrogens with zero attached hydrogens (tertiary/aromatic N) is 1. The van der Waals surface area contributed by atoms with E-state index in [0.29, 0.717) is 15.6 Å². The number of carbonyl (C=O) groups is 1. The molecule has 2 amide bonds. The van der Waals surface area contributed by atoms with Crippen molar-refractivity contribution in [2.75, 3.05) is 24.7 Å². The van der Waals surface area contributed by atoms with Crippen LogP contribution in [0.25, 0.3) is 0 Å². The van der Waals surface area contributed by atoms with Crippen LogP contribution in [0.3, 0.4) is 0 Å². The van der Waals surface area contributed by atoms with Crippen LogP contribution < -0.4 is 5.32 Å². The molecule has 1 atom stereocenters. The molecule has 0 spiro atoms. The minimum Gasteiger partial charge on any atom is -0.394 e. The lowest BCUT2D eigenvalue weighted by Gasteiger charge is -2.24. The van der Waals surface area contributed by atoms with Gasteiger partial charge >= 0.3 is 6.03 Å². The van der Waals surface area contributed by atoms with E-state index < -0.39 is 18.2 Å². The summed E-state index contributed by atoms with van der Waals surface area (Å²) in [6.45, 7) is 1.51. The lowest BCUT2D eigenvalue weighted by Crippen LogP contribution is -2.40. The van der Waals surface area contributed by atoms with Gasteiger partial charge in [0.2, 0.25) is 6.43 Å². The molecule has 0 aliphatic carbocycles. The maximum absolute atomic E-state index is 12.3. The number of carbonyl (C=O) groups excluding carboxylic acids is 1. The second-order valence-corrected chi connectivity index (χ2v) is 5.83. The topological polar surface area (TPSA) is 52.6 Å². The summed E-state index contributed by atoms with van der Waals surface area (Å²) in [5.41, 5.74) is 0.370. The molecule has 0 bridgehead atoms. The average Bonchev–Trinajstić information content (AvgIpc) is 2.44. The zero-order valence-electron chi connectivity index (χ0n) is 11.6. The molecule has 0 aliphatic heterocycles. The predicted octanol–water partition coefficient (Wildman–Crippen LogP) is 3.54. The fourth-order valence-corrected chi connectivity index (χ4v) is 2.54. The number of alkyl halides is 2. The predicted molar refractivity (Wildman–Crippen MR) is 81.5 cm³/mol. The number of hydrogen-bond acceptors (Lipinski definition) is 3. The number of thioether (sulfide) groups is 1. The van der Waals surface area contributed by atoms with Gasteiger partial charge in [0.25, 0.3) is 0 Å². The highest BCUT2D eigenvalue weighted by molar-refractivity contribution is 7.99. The molecule has 0 saturated heterocycles. The molecule has 2 N–H and O–H groups in total. The monoisotopic (exact) mass is 338 g/mol. The second-order valence-electron chi connectivity index (χ2n) is 4.39. The van der Waals surface area contributed by atoms with Crippen LogP contribution in [0.4, 0.5) is 19.3 Å². The van der Waals surface area contributed by atoms with Crippen LogP contribution in [-0.2, 0) is 0 Å². The zero-order chi connectivity index (χ0) is 16.0. The smallest absolute Gasteiger partial charge is 0.321 e. The number of halogens is 3. The Hall–Kier alpha value is -1.05. The van der Waals surface area contributed by atoms with Crippen LogP contribution in [0.1, 0.15) is 6.92 Å². The summed E-state index contributed by atoms with van der Waals surface area (Å²) in [6.07, 6.45) is -2.47. The van der Waals surface area contributed by atoms with Crippen molar-refractivity contribution >= 4 is 35.1 Å². The van der Waals surface area contributed by atoms with Gasteiger partial charge in [0, 0.05) is 11.9 Å². The fourth-order valence-electron chi connectivity index (χ4n) is 1.43. The molecule has 0 heterocycles. The molecule has 0 saturated carbocycles. The Morgan fingerprint density at radius 1 is 1.52 bits per heavy atom. The van der Waals surface area contributed by atoms with E-state index in [1.807, 2.05) is 0 Å². The highest BCUT2D eigenvalue weighted by atomic mass is 35.5. The first kappa shape index (κ1) is 18.0. The second kappa shape index (κ2) is 8.41. The molecule has 0 fully saturated rings. The number of nitrogens with one attached hydrogen (secondary N) is 1. The molecule has 1 aromatic rings. The number of rotatable bonds is 6. The van der Waals surface area contributed by atoms with E-state index in [4.69, 9.17) is 16.7 Å². The van der Waals surface area contributed by atoms with Crippen LogP contribution in [0.5, 0.6) is 0 Å². The highest BCUT2D eigenvalue weighted by Crippen LogP contribution is 2.35. The standard InChI is InChI=1S/C13H17ClF2N2O2S/c1-8(6-19)18(2)13(20)17-10-5-3-4-9(14)12(10)21-7-11(15)16/h3-5,8,11,19H,6-7H2,1-2H3,(H,17,20). The van der Waals surface area contributed by atoms with E-state index in [0.717, 1.165) is 11.8 Å². The molecule has 118 valence electrons. The van der Waals surface area contributed by atoms with Crippen molar-refractivity contribution in [3.63, 3.8) is 0 Å². The number of amides is 2. The SMILES string of the molecule is CC(CO)N(C)C(=O)Nc1cccc(Cl)c1SCC(F)F. The molecule has 0 radical (unpaired) electrons. The number of likely N-dealkylation sites (N-methyl/N-ethyl adjacent to an activating group) is 1. The summed E-state index contributed by atoms with van der Waals surface area (Å²) in [6, 6.07) is 3.99. The number of aliphatic hydroxyl groups is 1. The van der Waals surface area contributed by atoms with E-state index in [2.05, 4.69) is 5.32 Å². The Morgan fingerprint density at radius 3 is 2.76 bits per heavy atom. The Morgan fingerprint density at radius 2 is 2.19 bits per heavy atom. The van der Waals surface area contributed by atoms with Gasteiger partial charge in [-0.1, -0.05) is 17.7 Å². The summed E-state index contributed by atoms with van der Waals surface area (Å²) in [5, 5.41) is 12.0. The van der Waals surface area contributed by atoms with Crippen molar-refractivity contribution in [3.05, 3.63) is 23.2 Å². The summed E-state index contributed by atoms with van der Waals surface area (Å²) in [4.78, 5) is 13.7. The minimum atomic E-state index is -2.47. The van der Waals surface area contributed by atoms with Crippen molar-refractivity contribution in [2.45, 2.75) is 24.3 Å². The first-order valence-corrected chi connectivity index (χ1v) is 7.57. The molecule has 8 heteroatoms. The van der Waals surface area contributed by atoms with Crippen LogP contribution in [-0.4, -0.2) is 47.9 Å². The van der Waals surface area contributed by atoms with Crippen LogP contribution in [0.15, 0.2) is 23.1 Å². The van der Waals surface area contributed by atoms with Crippen molar-refractivity contribution in [2.24, 2.45) is 0 Å². The van der Waals surface area contributed by atoms with E-state index in [-0.39, 0.29) is 12.6 Å². The molecular weight excluding hydrogens is 322 g/mol. The Bertz CT molecular complexity index is 491. The molecule has 1 unspecified atom stereocenters. The van der Waals surface area contributed by atoms with Crippen LogP contribution >= 0.6 is 23.4 Å². The number of benzene rings is 1. The van der Waals surface area contributed by atoms with Crippen molar-refractivity contribution in [3.8, 4) is 0 Å². The van der Waals surface area contributed by atoms with Gasteiger partial charge < -0.3 is 15.3 Å². The van der Waals surface area contributed by atoms with Gasteiger partial charge in [-0.2, -0.15) is 0 Å². The maximum atomic E-state index is 12.3. The Labute approximate surface area is 131 Å². The first-order valence-electron chi connectivity index (χ1n) is 6.21. The number of anilines is 1. The van der Waals surface area contributed by atoms with Gasteiger partial charge in [-0.15, -0.1) is 11.8 Å². The average molecular weight is 339 g/mol. The summed E-state index contributed by atoms with van der Waals surface area (Å²) < 4.78 is 24.7. The van der Waals surface area contributed by atoms with Crippen LogP contribution in [0, 0.1) is 0 Å². The van der Waals surface area contributed by atoms with Gasteiger partial charge in [-0.05, 0) is 19.1 Å². The highest BCUT2D eigenvalue weighted by Gasteiger charge is 2.18. The van der Waals surface area contributed by atoms with Gasteiger partial charge in [0.05, 0.1) is 29.1 Å². The third-order valence-corrected chi connectivity index (χ3v) is 4.38. The Kier molecular flexibility index (Phi) is 7.21. The molecular formula is C13H17ClF2N2O2S. The van der Waals surface area contributed by atoms with Gasteiger partial charge in [-0.3, -0.25) is 0 Å². The fraction of sp³-hybridized carbons (Fsp3) is 0.462. The third-order valence-electron chi connectivity index (χ3n) is 2.81. The largest absolute Gasteiger partial charge is 0.394 e. The van der Waals surface area contributed by atoms with Gasteiger partial charge in [0.1, 0.15) is 0 Å². The van der Waals surface area contributed by atoms with E-state index in [9.17, 15) is 13.6 Å². The molecule has 21 heavy (non-hydrogen) atoms. The minimum absolute atomic E-state index is 0.174. The first-order chi connectivity index (χ1) is 9.86. The number of aliphatic hydroxyl groups excluding tert-OH is 1. The van der Waals surface area contributed by atoms with Gasteiger partial charge in [0.15, 0.2) is 0 Å². The van der Waals surface area contributed by atoms with E-state index >= 15 is 0 Å². The lowest BCUT2D eigenvalue weighted by molar-refractivity contribution is 0.166. The molecule has 0 aliphatic rings. The quantitative estimate of drug-likeness (QED) is 0.780. The summed E-state index contributed by atoms with van der Waals surface area (Å²) in [7, 11) is 1.53. The van der Waals surface area contributed by atoms with E-state index in [1.54, 1.807) is 25.1 Å².